The van der Waals surface area contributed by atoms with Gasteiger partial charge >= 0.3 is 0 Å². The first-order valence-electron chi connectivity index (χ1n) is 15.5. The molecule has 10 nitrogen and oxygen atoms in total. The van der Waals surface area contributed by atoms with Crippen LogP contribution in [0.3, 0.4) is 0 Å². The molecule has 0 radical (unpaired) electrons. The Morgan fingerprint density at radius 1 is 0.953 bits per heavy atom. The Bertz CT molecular complexity index is 1520. The van der Waals surface area contributed by atoms with Gasteiger partial charge in [0.15, 0.2) is 0 Å². The molecule has 3 atom stereocenters. The van der Waals surface area contributed by atoms with Gasteiger partial charge in [-0.2, -0.15) is 4.98 Å². The van der Waals surface area contributed by atoms with E-state index in [4.69, 9.17) is 19.7 Å². The Balaban J connectivity index is 1.22. The number of hydrogen-bond acceptors (Lipinski definition) is 9. The number of aromatic nitrogens is 3. The fourth-order valence-electron chi connectivity index (χ4n) is 7.07. The predicted octanol–water partition coefficient (Wildman–Crippen LogP) is 4.86. The second kappa shape index (κ2) is 10.4. The lowest BCUT2D eigenvalue weighted by Crippen LogP contribution is -2.54. The monoisotopic (exact) mass is 582 g/mol. The van der Waals surface area contributed by atoms with E-state index in [0.29, 0.717) is 24.8 Å². The molecule has 1 aromatic carbocycles. The summed E-state index contributed by atoms with van der Waals surface area (Å²) in [5, 5.41) is 3.44. The van der Waals surface area contributed by atoms with Gasteiger partial charge in [0.05, 0.1) is 18.2 Å². The number of pyridine rings is 1. The van der Waals surface area contributed by atoms with Crippen LogP contribution in [0.15, 0.2) is 48.7 Å². The maximum absolute atomic E-state index is 12.7. The first kappa shape index (κ1) is 28.0. The van der Waals surface area contributed by atoms with Crippen LogP contribution in [0.2, 0.25) is 0 Å². The van der Waals surface area contributed by atoms with E-state index in [2.05, 4.69) is 79.0 Å². The summed E-state index contributed by atoms with van der Waals surface area (Å²) in [5.41, 5.74) is 2.64. The maximum Gasteiger partial charge on any atom is 0.229 e. The van der Waals surface area contributed by atoms with Crippen molar-refractivity contribution in [2.75, 3.05) is 59.9 Å². The Hall–Kier alpha value is -3.76. The van der Waals surface area contributed by atoms with E-state index in [-0.39, 0.29) is 29.0 Å². The molecule has 3 aromatic rings. The highest BCUT2D eigenvalue weighted by Gasteiger charge is 2.55. The fourth-order valence-corrected chi connectivity index (χ4v) is 7.07. The number of carbonyl (C=O) groups is 1. The number of anilines is 6. The van der Waals surface area contributed by atoms with Crippen molar-refractivity contribution in [3.05, 3.63) is 54.2 Å². The number of ether oxygens (including phenoxy) is 1. The zero-order valence-electron chi connectivity index (χ0n) is 25.9. The third-order valence-electron chi connectivity index (χ3n) is 9.80. The van der Waals surface area contributed by atoms with Crippen LogP contribution < -0.4 is 20.0 Å². The Morgan fingerprint density at radius 3 is 2.37 bits per heavy atom. The molecule has 0 spiro atoms. The minimum absolute atomic E-state index is 0.0770. The summed E-state index contributed by atoms with van der Waals surface area (Å²) in [6, 6.07) is 14.7. The van der Waals surface area contributed by atoms with E-state index < -0.39 is 0 Å². The van der Waals surface area contributed by atoms with Crippen molar-refractivity contribution in [1.82, 2.24) is 19.9 Å². The lowest BCUT2D eigenvalue weighted by molar-refractivity contribution is -0.117. The second-order valence-electron chi connectivity index (χ2n) is 13.5. The summed E-state index contributed by atoms with van der Waals surface area (Å²) < 4.78 is 6.37. The van der Waals surface area contributed by atoms with Gasteiger partial charge in [-0.15, -0.1) is 0 Å². The van der Waals surface area contributed by atoms with Crippen molar-refractivity contribution < 1.29 is 9.53 Å². The Labute approximate surface area is 254 Å². The van der Waals surface area contributed by atoms with Crippen LogP contribution in [0.1, 0.15) is 52.5 Å². The third-order valence-corrected chi connectivity index (χ3v) is 9.80. The van der Waals surface area contributed by atoms with Crippen molar-refractivity contribution in [3.8, 4) is 0 Å². The molecule has 226 valence electrons. The second-order valence-corrected chi connectivity index (χ2v) is 13.5. The van der Waals surface area contributed by atoms with Crippen molar-refractivity contribution in [2.24, 2.45) is 0 Å². The van der Waals surface area contributed by atoms with Crippen LogP contribution in [0.4, 0.5) is 34.8 Å². The molecule has 1 N–H and O–H groups in total. The molecule has 0 bridgehead atoms. The molecule has 6 heterocycles. The summed E-state index contributed by atoms with van der Waals surface area (Å²) in [7, 11) is 2.17. The number of likely N-dealkylation sites (N-methyl/N-ethyl adjacent to an activating group) is 1. The molecule has 43 heavy (non-hydrogen) atoms. The Morgan fingerprint density at radius 2 is 1.67 bits per heavy atom. The molecular weight excluding hydrogens is 540 g/mol. The zero-order valence-corrected chi connectivity index (χ0v) is 25.9. The molecule has 1 amide bonds. The van der Waals surface area contributed by atoms with Gasteiger partial charge in [0.2, 0.25) is 11.9 Å². The average molecular weight is 583 g/mol. The van der Waals surface area contributed by atoms with Gasteiger partial charge in [0.1, 0.15) is 17.5 Å². The number of carbonyl (C=O) groups excluding carboxylic acids is 1. The van der Waals surface area contributed by atoms with Gasteiger partial charge in [-0.1, -0.05) is 13.0 Å². The highest BCUT2D eigenvalue weighted by atomic mass is 16.5. The topological polar surface area (TPSA) is 90.0 Å². The van der Waals surface area contributed by atoms with E-state index in [1.807, 2.05) is 29.3 Å². The number of benzene rings is 1. The van der Waals surface area contributed by atoms with Crippen LogP contribution in [0, 0.1) is 0 Å². The highest BCUT2D eigenvalue weighted by molar-refractivity contribution is 5.95. The van der Waals surface area contributed by atoms with E-state index in [9.17, 15) is 4.79 Å². The highest BCUT2D eigenvalue weighted by Crippen LogP contribution is 2.53. The maximum atomic E-state index is 12.7. The summed E-state index contributed by atoms with van der Waals surface area (Å²) in [6.07, 6.45) is 4.17. The summed E-state index contributed by atoms with van der Waals surface area (Å²) in [6.45, 7) is 13.4. The van der Waals surface area contributed by atoms with Gasteiger partial charge in [-0.3, -0.25) is 9.69 Å². The van der Waals surface area contributed by atoms with E-state index in [1.54, 1.807) is 0 Å². The number of piperazine rings is 1. The zero-order chi connectivity index (χ0) is 29.9. The molecule has 0 saturated carbocycles. The number of rotatable bonds is 5. The summed E-state index contributed by atoms with van der Waals surface area (Å²) >= 11 is 0. The van der Waals surface area contributed by atoms with Gasteiger partial charge in [-0.05, 0) is 77.1 Å². The molecule has 0 unspecified atom stereocenters. The minimum Gasteiger partial charge on any atom is -0.374 e. The SMILES string of the molecule is C[C@H]1CCC(=O)N1c1cccc(N2c3nc(Nc4ccc(N5CCN(C)CC5)cc4)ncc3[C@@]3(C)COC(C)(C)C[C@@H]23)n1. The summed E-state index contributed by atoms with van der Waals surface area (Å²) in [4.78, 5) is 36.6. The molecule has 2 aromatic heterocycles. The molecule has 4 aliphatic heterocycles. The average Bonchev–Trinajstić information content (AvgIpc) is 3.45. The molecule has 3 saturated heterocycles. The first-order valence-corrected chi connectivity index (χ1v) is 15.5. The van der Waals surface area contributed by atoms with Crippen molar-refractivity contribution >= 4 is 40.7 Å². The number of fused-ring (bicyclic) bond motifs is 3. The lowest BCUT2D eigenvalue weighted by Gasteiger charge is -2.46. The van der Waals surface area contributed by atoms with Crippen molar-refractivity contribution in [3.63, 3.8) is 0 Å². The molecular formula is C33H42N8O2. The molecule has 3 fully saturated rings. The van der Waals surface area contributed by atoms with Crippen LogP contribution >= 0.6 is 0 Å². The standard InChI is InChI=1S/C33H42N8O2/c1-22-9-14-29(42)40(22)27-7-6-8-28(36-27)41-26-19-32(2,3)43-21-33(26,4)25-20-34-31(37-30(25)41)35-23-10-12-24(13-11-23)39-17-15-38(5)16-18-39/h6-8,10-13,20,22,26H,9,14-19,21H2,1-5H3,(H,34,35,37)/t22-,26+,33+/m0/s1. The number of hydrogen-bond donors (Lipinski definition) is 1. The third kappa shape index (κ3) is 5.00. The van der Waals surface area contributed by atoms with Gasteiger partial charge < -0.3 is 24.8 Å². The number of nitrogens with zero attached hydrogens (tertiary/aromatic N) is 7. The number of nitrogens with one attached hydrogen (secondary N) is 1. The largest absolute Gasteiger partial charge is 0.374 e. The van der Waals surface area contributed by atoms with Crippen molar-refractivity contribution in [2.45, 2.75) is 70.1 Å². The summed E-state index contributed by atoms with van der Waals surface area (Å²) in [5.74, 6) is 2.99. The Kier molecular flexibility index (Phi) is 6.81. The fraction of sp³-hybridized carbons (Fsp3) is 0.515. The van der Waals surface area contributed by atoms with Crippen LogP contribution in [0.5, 0.6) is 0 Å². The van der Waals surface area contributed by atoms with Gasteiger partial charge in [0.25, 0.3) is 0 Å². The lowest BCUT2D eigenvalue weighted by atomic mass is 9.73. The van der Waals surface area contributed by atoms with E-state index in [0.717, 1.165) is 61.9 Å². The minimum atomic E-state index is -0.304. The van der Waals surface area contributed by atoms with Crippen LogP contribution in [-0.4, -0.2) is 83.3 Å². The van der Waals surface area contributed by atoms with E-state index in [1.165, 1.54) is 5.69 Å². The van der Waals surface area contributed by atoms with Crippen LogP contribution in [-0.2, 0) is 14.9 Å². The van der Waals surface area contributed by atoms with Gasteiger partial charge in [0, 0.05) is 67.2 Å². The molecule has 7 rings (SSSR count). The molecule has 10 heteroatoms. The number of amides is 1. The molecule has 4 aliphatic rings. The van der Waals surface area contributed by atoms with Crippen molar-refractivity contribution in [1.29, 1.82) is 0 Å². The van der Waals surface area contributed by atoms with Gasteiger partial charge in [-0.25, -0.2) is 9.97 Å². The van der Waals surface area contributed by atoms with E-state index >= 15 is 0 Å². The quantitative estimate of drug-likeness (QED) is 0.453. The normalized spacial score (nSPS) is 26.9. The molecule has 0 aliphatic carbocycles. The first-order chi connectivity index (χ1) is 20.6. The smallest absolute Gasteiger partial charge is 0.229 e. The van der Waals surface area contributed by atoms with Crippen LogP contribution in [0.25, 0.3) is 0 Å². The predicted molar refractivity (Wildman–Crippen MR) is 170 cm³/mol.